The molecule has 0 saturated carbocycles. The number of amides is 1. The molecular weight excluding hydrogens is 338 g/mol. The molecule has 6 heteroatoms. The lowest BCUT2D eigenvalue weighted by atomic mass is 10.1. The van der Waals surface area contributed by atoms with Crippen LogP contribution in [0.25, 0.3) is 0 Å². The molecule has 146 valence electrons. The molecule has 2 N–H and O–H groups in total. The van der Waals surface area contributed by atoms with Crippen LogP contribution in [-0.4, -0.2) is 42.0 Å². The lowest BCUT2D eigenvalue weighted by molar-refractivity contribution is 0.0953. The van der Waals surface area contributed by atoms with E-state index < -0.39 is 0 Å². The Balaban J connectivity index is 1.87. The number of nitrogens with one attached hydrogen (secondary N) is 2. The summed E-state index contributed by atoms with van der Waals surface area (Å²) in [6.07, 6.45) is 4.12. The average molecular weight is 370 g/mol. The van der Waals surface area contributed by atoms with Gasteiger partial charge in [-0.1, -0.05) is 25.5 Å². The summed E-state index contributed by atoms with van der Waals surface area (Å²) in [6.45, 7) is 4.27. The maximum Gasteiger partial charge on any atom is 0.251 e. The first-order chi connectivity index (χ1) is 13.0. The molecule has 27 heavy (non-hydrogen) atoms. The molecule has 0 bridgehead atoms. The number of carbonyl (C=O) groups is 1. The molecule has 0 saturated heterocycles. The Hall–Kier alpha value is -2.76. The van der Waals surface area contributed by atoms with Gasteiger partial charge in [0, 0.05) is 51.7 Å². The van der Waals surface area contributed by atoms with E-state index in [4.69, 9.17) is 0 Å². The minimum atomic E-state index is -0.0129. The van der Waals surface area contributed by atoms with E-state index in [1.807, 2.05) is 50.6 Å². The third-order valence-corrected chi connectivity index (χ3v) is 4.51. The van der Waals surface area contributed by atoms with Crippen molar-refractivity contribution in [2.24, 2.45) is 12.0 Å². The topological polar surface area (TPSA) is 61.7 Å². The molecule has 1 aromatic heterocycles. The van der Waals surface area contributed by atoms with Crippen molar-refractivity contribution in [2.45, 2.75) is 32.9 Å². The molecule has 0 aliphatic rings. The molecule has 0 aliphatic carbocycles. The van der Waals surface area contributed by atoms with Gasteiger partial charge in [0.25, 0.3) is 5.91 Å². The zero-order valence-corrected chi connectivity index (χ0v) is 16.8. The summed E-state index contributed by atoms with van der Waals surface area (Å²) >= 11 is 0. The van der Waals surface area contributed by atoms with Gasteiger partial charge in [0.15, 0.2) is 5.96 Å². The number of hydrogen-bond acceptors (Lipinski definition) is 2. The van der Waals surface area contributed by atoms with Crippen LogP contribution in [0, 0.1) is 0 Å². The Bertz CT molecular complexity index is 748. The van der Waals surface area contributed by atoms with Crippen molar-refractivity contribution in [1.29, 1.82) is 0 Å². The first-order valence-corrected chi connectivity index (χ1v) is 9.44. The van der Waals surface area contributed by atoms with Gasteiger partial charge in [0.2, 0.25) is 0 Å². The zero-order chi connectivity index (χ0) is 19.6. The summed E-state index contributed by atoms with van der Waals surface area (Å²) in [5.41, 5.74) is 3.02. The largest absolute Gasteiger partial charge is 0.353 e. The second kappa shape index (κ2) is 10.4. The Kier molecular flexibility index (Phi) is 7.92. The van der Waals surface area contributed by atoms with Gasteiger partial charge < -0.3 is 20.1 Å². The summed E-state index contributed by atoms with van der Waals surface area (Å²) in [6, 6.07) is 11.8. The predicted molar refractivity (Wildman–Crippen MR) is 111 cm³/mol. The van der Waals surface area contributed by atoms with Crippen molar-refractivity contribution < 1.29 is 4.79 Å². The number of hydrogen-bond donors (Lipinski definition) is 2. The Labute approximate surface area is 162 Å². The lowest BCUT2D eigenvalue weighted by Gasteiger charge is -2.22. The van der Waals surface area contributed by atoms with Gasteiger partial charge >= 0.3 is 0 Å². The van der Waals surface area contributed by atoms with Gasteiger partial charge in [-0.2, -0.15) is 0 Å². The van der Waals surface area contributed by atoms with Gasteiger partial charge in [-0.05, 0) is 36.2 Å². The van der Waals surface area contributed by atoms with Crippen molar-refractivity contribution in [2.75, 3.05) is 20.6 Å². The molecule has 1 heterocycles. The molecule has 0 unspecified atom stereocenters. The van der Waals surface area contributed by atoms with Gasteiger partial charge in [-0.15, -0.1) is 0 Å². The fourth-order valence-corrected chi connectivity index (χ4v) is 2.80. The van der Waals surface area contributed by atoms with Crippen molar-refractivity contribution in [1.82, 2.24) is 20.1 Å². The Morgan fingerprint density at radius 1 is 1.19 bits per heavy atom. The van der Waals surface area contributed by atoms with Crippen LogP contribution in [0.15, 0.2) is 47.6 Å². The van der Waals surface area contributed by atoms with Crippen LogP contribution in [-0.2, 0) is 20.1 Å². The van der Waals surface area contributed by atoms with E-state index in [2.05, 4.69) is 38.1 Å². The molecule has 6 nitrogen and oxygen atoms in total. The number of nitrogens with zero attached hydrogens (tertiary/aromatic N) is 3. The predicted octanol–water partition coefficient (Wildman–Crippen LogP) is 2.76. The van der Waals surface area contributed by atoms with Gasteiger partial charge in [0.05, 0.1) is 6.54 Å². The average Bonchev–Trinajstić information content (AvgIpc) is 3.07. The summed E-state index contributed by atoms with van der Waals surface area (Å²) in [4.78, 5) is 18.5. The fraction of sp³-hybridized carbons (Fsp3) is 0.429. The fourth-order valence-electron chi connectivity index (χ4n) is 2.80. The van der Waals surface area contributed by atoms with Gasteiger partial charge in [-0.25, -0.2) is 0 Å². The molecule has 0 atom stereocenters. The third kappa shape index (κ3) is 6.16. The number of aryl methyl sites for hydroxylation is 1. The molecule has 0 fully saturated rings. The summed E-state index contributed by atoms with van der Waals surface area (Å²) in [7, 11) is 5.85. The highest BCUT2D eigenvalue weighted by Gasteiger charge is 2.09. The van der Waals surface area contributed by atoms with Gasteiger partial charge in [-0.3, -0.25) is 9.79 Å². The van der Waals surface area contributed by atoms with E-state index in [0.717, 1.165) is 37.5 Å². The molecule has 0 aliphatic heterocycles. The summed E-state index contributed by atoms with van der Waals surface area (Å²) in [5.74, 6) is 0.818. The van der Waals surface area contributed by atoms with E-state index in [9.17, 15) is 4.79 Å². The zero-order valence-electron chi connectivity index (χ0n) is 16.8. The van der Waals surface area contributed by atoms with Crippen LogP contribution in [0.3, 0.4) is 0 Å². The quantitative estimate of drug-likeness (QED) is 0.427. The summed E-state index contributed by atoms with van der Waals surface area (Å²) in [5, 5.41) is 6.31. The van der Waals surface area contributed by atoms with Crippen LogP contribution in [0.5, 0.6) is 0 Å². The van der Waals surface area contributed by atoms with Crippen LogP contribution in [0.2, 0.25) is 0 Å². The minimum absolute atomic E-state index is 0.0129. The second-order valence-electron chi connectivity index (χ2n) is 6.67. The monoisotopic (exact) mass is 369 g/mol. The van der Waals surface area contributed by atoms with E-state index in [1.165, 1.54) is 5.69 Å². The van der Waals surface area contributed by atoms with E-state index in [1.54, 1.807) is 7.05 Å². The number of carbonyl (C=O) groups excluding carboxylic acids is 1. The van der Waals surface area contributed by atoms with Crippen molar-refractivity contribution >= 4 is 11.9 Å². The molecule has 2 rings (SSSR count). The molecule has 0 radical (unpaired) electrons. The van der Waals surface area contributed by atoms with Crippen molar-refractivity contribution in [3.8, 4) is 0 Å². The molecular formula is C21H31N5O. The van der Waals surface area contributed by atoms with Crippen LogP contribution >= 0.6 is 0 Å². The minimum Gasteiger partial charge on any atom is -0.353 e. The number of guanidine groups is 1. The maximum absolute atomic E-state index is 12.1. The van der Waals surface area contributed by atoms with E-state index >= 15 is 0 Å². The first-order valence-electron chi connectivity index (χ1n) is 9.44. The van der Waals surface area contributed by atoms with Crippen molar-refractivity contribution in [3.05, 3.63) is 59.4 Å². The Morgan fingerprint density at radius 3 is 2.52 bits per heavy atom. The number of unbranched alkanes of at least 4 members (excludes halogenated alkanes) is 1. The van der Waals surface area contributed by atoms with Crippen molar-refractivity contribution in [3.63, 3.8) is 0 Å². The normalized spacial score (nSPS) is 11.3. The van der Waals surface area contributed by atoms with Crippen LogP contribution in [0.4, 0.5) is 0 Å². The maximum atomic E-state index is 12.1. The Morgan fingerprint density at radius 2 is 1.93 bits per heavy atom. The first kappa shape index (κ1) is 20.6. The smallest absolute Gasteiger partial charge is 0.251 e. The summed E-state index contributed by atoms with van der Waals surface area (Å²) < 4.78 is 2.11. The highest BCUT2D eigenvalue weighted by molar-refractivity contribution is 5.94. The van der Waals surface area contributed by atoms with Crippen LogP contribution in [0.1, 0.15) is 41.4 Å². The molecule has 1 amide bonds. The molecule has 2 aromatic rings. The number of aliphatic imine (C=N–C) groups is 1. The van der Waals surface area contributed by atoms with E-state index in [-0.39, 0.29) is 5.91 Å². The SMILES string of the molecule is CCCCNC(=O)c1ccc(CNC(=NC)N(C)Cc2cccn2C)cc1. The number of benzene rings is 1. The third-order valence-electron chi connectivity index (χ3n) is 4.51. The van der Waals surface area contributed by atoms with Crippen LogP contribution < -0.4 is 10.6 Å². The highest BCUT2D eigenvalue weighted by Crippen LogP contribution is 2.06. The highest BCUT2D eigenvalue weighted by atomic mass is 16.1. The molecule has 0 spiro atoms. The number of aromatic nitrogens is 1. The van der Waals surface area contributed by atoms with E-state index in [0.29, 0.717) is 12.1 Å². The molecule has 1 aromatic carbocycles. The van der Waals surface area contributed by atoms with Gasteiger partial charge in [0.1, 0.15) is 0 Å². The number of rotatable bonds is 8. The standard InChI is InChI=1S/C21H31N5O/c1-5-6-13-23-20(27)18-11-9-17(10-12-18)15-24-21(22-2)26(4)16-19-8-7-14-25(19)3/h7-12,14H,5-6,13,15-16H2,1-4H3,(H,22,24)(H,23,27). The second-order valence-corrected chi connectivity index (χ2v) is 6.67. The lowest BCUT2D eigenvalue weighted by Crippen LogP contribution is -2.38.